The number of hydrogen-bond donors (Lipinski definition) is 9. The van der Waals surface area contributed by atoms with Gasteiger partial charge in [-0.2, -0.15) is 0 Å². The van der Waals surface area contributed by atoms with E-state index in [1.165, 1.54) is 83.5 Å². The Hall–Kier alpha value is -3.61. The van der Waals surface area contributed by atoms with Gasteiger partial charge < -0.3 is 65.1 Å². The Kier molecular flexibility index (Phi) is 50.6. The number of unbranched alkanes of at least 4 members (excludes halogenated alkanes) is 20. The Bertz CT molecular complexity index is 1910. The molecule has 0 aliphatic carbocycles. The molecule has 2 saturated heterocycles. The van der Waals surface area contributed by atoms with Gasteiger partial charge in [-0.3, -0.25) is 4.79 Å². The Morgan fingerprint density at radius 3 is 1.23 bits per heavy atom. The topological polar surface area (TPSA) is 228 Å². The second-order valence-electron chi connectivity index (χ2n) is 23.2. The third kappa shape index (κ3) is 39.4. The van der Waals surface area contributed by atoms with Crippen LogP contribution < -0.4 is 5.32 Å². The van der Waals surface area contributed by atoms with Gasteiger partial charge >= 0.3 is 0 Å². The van der Waals surface area contributed by atoms with Crippen LogP contribution >= 0.6 is 0 Å². The lowest BCUT2D eigenvalue weighted by Crippen LogP contribution is -2.65. The monoisotopic (exact) mass is 1210 g/mol. The maximum atomic E-state index is 13.3. The highest BCUT2D eigenvalue weighted by Crippen LogP contribution is 2.30. The average molecular weight is 1210 g/mol. The predicted molar refractivity (Wildman–Crippen MR) is 350 cm³/mol. The summed E-state index contributed by atoms with van der Waals surface area (Å²) in [6, 6.07) is -0.852. The summed E-state index contributed by atoms with van der Waals surface area (Å²) >= 11 is 0. The van der Waals surface area contributed by atoms with Crippen molar-refractivity contribution in [3.05, 3.63) is 122 Å². The van der Waals surface area contributed by atoms with Crippen LogP contribution in [0.2, 0.25) is 0 Å². The summed E-state index contributed by atoms with van der Waals surface area (Å²) in [6.45, 7) is 2.73. The lowest BCUT2D eigenvalue weighted by atomic mass is 9.97. The van der Waals surface area contributed by atoms with Gasteiger partial charge in [-0.15, -0.1) is 0 Å². The van der Waals surface area contributed by atoms with Gasteiger partial charge in [0.25, 0.3) is 0 Å². The number of nitrogens with one attached hydrogen (secondary N) is 1. The lowest BCUT2D eigenvalue weighted by molar-refractivity contribution is -0.359. The summed E-state index contributed by atoms with van der Waals surface area (Å²) in [6.07, 6.45) is 63.4. The molecule has 0 radical (unpaired) electrons. The second-order valence-corrected chi connectivity index (χ2v) is 23.2. The molecule has 2 fully saturated rings. The number of ether oxygens (including phenoxy) is 4. The van der Waals surface area contributed by atoms with Crippen molar-refractivity contribution in [2.24, 2.45) is 0 Å². The first-order valence-corrected chi connectivity index (χ1v) is 33.8. The van der Waals surface area contributed by atoms with E-state index >= 15 is 0 Å². The summed E-state index contributed by atoms with van der Waals surface area (Å²) < 4.78 is 22.9. The zero-order chi connectivity index (χ0) is 62.3. The molecule has 0 aromatic carbocycles. The molecule has 86 heavy (non-hydrogen) atoms. The zero-order valence-electron chi connectivity index (χ0n) is 53.3. The van der Waals surface area contributed by atoms with Gasteiger partial charge in [0.1, 0.15) is 48.8 Å². The summed E-state index contributed by atoms with van der Waals surface area (Å²) in [4.78, 5) is 13.3. The van der Waals surface area contributed by atoms with Gasteiger partial charge in [0.05, 0.1) is 32.0 Å². The van der Waals surface area contributed by atoms with Crippen LogP contribution in [0.4, 0.5) is 0 Å². The van der Waals surface area contributed by atoms with Crippen molar-refractivity contribution in [2.75, 3.05) is 19.8 Å². The molecule has 0 bridgehead atoms. The van der Waals surface area contributed by atoms with E-state index in [2.05, 4.69) is 141 Å². The smallest absolute Gasteiger partial charge is 0.220 e. The molecule has 2 aliphatic rings. The van der Waals surface area contributed by atoms with Crippen LogP contribution in [0.1, 0.15) is 232 Å². The SMILES string of the molecule is CC/C=C\C/C=C\C/C=C\C/C=C\C/C=C\C/C=C\C/C=C\C/C=C\C/C=C\C/C=C\CCCCCCC(=O)NC(COC1OC(CO)C(OC2OC(CO)C(O)C(O)C2O)C(O)C1O)C(O)CCCCCCCCCCCCCCCCCCC. The molecule has 0 saturated carbocycles. The molecule has 14 nitrogen and oxygen atoms in total. The van der Waals surface area contributed by atoms with E-state index in [-0.39, 0.29) is 18.9 Å². The second kappa shape index (κ2) is 55.5. The van der Waals surface area contributed by atoms with E-state index in [1.54, 1.807) is 0 Å². The van der Waals surface area contributed by atoms with Crippen molar-refractivity contribution in [3.8, 4) is 0 Å². The third-order valence-corrected chi connectivity index (χ3v) is 15.7. The van der Waals surface area contributed by atoms with Gasteiger partial charge in [0.15, 0.2) is 12.6 Å². The summed E-state index contributed by atoms with van der Waals surface area (Å²) in [5.41, 5.74) is 0. The van der Waals surface area contributed by atoms with E-state index in [1.807, 2.05) is 0 Å². The third-order valence-electron chi connectivity index (χ3n) is 15.7. The number of aliphatic hydroxyl groups excluding tert-OH is 8. The molecule has 492 valence electrons. The Morgan fingerprint density at radius 1 is 0.430 bits per heavy atom. The van der Waals surface area contributed by atoms with Crippen LogP contribution in [-0.2, 0) is 23.7 Å². The molecule has 2 rings (SSSR count). The molecule has 0 aromatic rings. The van der Waals surface area contributed by atoms with Crippen molar-refractivity contribution in [2.45, 2.75) is 306 Å². The van der Waals surface area contributed by atoms with E-state index in [9.17, 15) is 45.6 Å². The van der Waals surface area contributed by atoms with Crippen LogP contribution in [0.25, 0.3) is 0 Å². The molecule has 2 heterocycles. The molecular formula is C72H121NO13. The van der Waals surface area contributed by atoms with E-state index in [0.29, 0.717) is 12.8 Å². The Balaban J connectivity index is 1.69. The normalized spacial score (nSPS) is 24.2. The van der Waals surface area contributed by atoms with Crippen LogP contribution in [0.15, 0.2) is 122 Å². The summed E-state index contributed by atoms with van der Waals surface area (Å²) in [5, 5.41) is 87.4. The van der Waals surface area contributed by atoms with Crippen LogP contribution in [0, 0.1) is 0 Å². The van der Waals surface area contributed by atoms with Crippen molar-refractivity contribution in [3.63, 3.8) is 0 Å². The number of amides is 1. The molecule has 0 aromatic heterocycles. The minimum absolute atomic E-state index is 0.235. The largest absolute Gasteiger partial charge is 0.394 e. The van der Waals surface area contributed by atoms with Crippen LogP contribution in [0.5, 0.6) is 0 Å². The minimum Gasteiger partial charge on any atom is -0.394 e. The van der Waals surface area contributed by atoms with Crippen molar-refractivity contribution >= 4 is 5.91 Å². The van der Waals surface area contributed by atoms with Gasteiger partial charge in [-0.1, -0.05) is 257 Å². The van der Waals surface area contributed by atoms with Crippen molar-refractivity contribution in [1.29, 1.82) is 0 Å². The van der Waals surface area contributed by atoms with Gasteiger partial charge in [-0.25, -0.2) is 0 Å². The number of carbonyl (C=O) groups is 1. The first-order chi connectivity index (χ1) is 42.1. The molecule has 12 unspecified atom stereocenters. The fourth-order valence-electron chi connectivity index (χ4n) is 10.3. The Morgan fingerprint density at radius 2 is 0.802 bits per heavy atom. The number of rotatable bonds is 53. The fraction of sp³-hybridized carbons (Fsp3) is 0.708. The van der Waals surface area contributed by atoms with Crippen LogP contribution in [-0.4, -0.2) is 140 Å². The highest BCUT2D eigenvalue weighted by molar-refractivity contribution is 5.76. The number of aliphatic hydroxyl groups is 8. The van der Waals surface area contributed by atoms with Gasteiger partial charge in [-0.05, 0) is 89.9 Å². The maximum absolute atomic E-state index is 13.3. The number of hydrogen-bond acceptors (Lipinski definition) is 13. The molecule has 12 atom stereocenters. The molecule has 2 aliphatic heterocycles. The van der Waals surface area contributed by atoms with E-state index in [4.69, 9.17) is 18.9 Å². The minimum atomic E-state index is -1.79. The zero-order valence-corrected chi connectivity index (χ0v) is 53.3. The first-order valence-electron chi connectivity index (χ1n) is 33.8. The average Bonchev–Trinajstić information content (AvgIpc) is 2.46. The molecular weight excluding hydrogens is 1090 g/mol. The van der Waals surface area contributed by atoms with Crippen LogP contribution in [0.3, 0.4) is 0 Å². The van der Waals surface area contributed by atoms with Crippen molar-refractivity contribution in [1.82, 2.24) is 5.32 Å². The number of carbonyl (C=O) groups excluding carboxylic acids is 1. The maximum Gasteiger partial charge on any atom is 0.220 e. The summed E-state index contributed by atoms with van der Waals surface area (Å²) in [5.74, 6) is -0.235. The molecule has 14 heteroatoms. The lowest BCUT2D eigenvalue weighted by Gasteiger charge is -2.46. The van der Waals surface area contributed by atoms with E-state index < -0.39 is 86.8 Å². The van der Waals surface area contributed by atoms with E-state index in [0.717, 1.165) is 116 Å². The first kappa shape index (κ1) is 78.5. The summed E-state index contributed by atoms with van der Waals surface area (Å²) in [7, 11) is 0. The Labute approximate surface area is 520 Å². The van der Waals surface area contributed by atoms with Gasteiger partial charge in [0.2, 0.25) is 5.91 Å². The molecule has 0 spiro atoms. The quantitative estimate of drug-likeness (QED) is 0.0204. The highest BCUT2D eigenvalue weighted by atomic mass is 16.7. The molecule has 1 amide bonds. The van der Waals surface area contributed by atoms with Gasteiger partial charge in [0, 0.05) is 6.42 Å². The standard InChI is InChI=1S/C72H121NO13/c1-3-5-7-9-11-13-15-17-19-21-22-23-24-25-26-27-28-29-30-31-32-33-34-35-36-37-38-40-42-44-46-48-50-52-54-56-64(77)73-60(61(76)55-53-51-49-47-45-43-41-39-20-18-16-14-12-10-8-6-4-2)59-83-71-69(82)67(80)70(63(58-75)85-71)86-72-68(81)66(79)65(78)62(57-74)84-72/h5,7,11,13,17,19,22-23,25-26,28-29,31-32,34-35,37-38,42,44,60-63,65-72,74-76,78-82H,3-4,6,8-10,12,14-16,18,20-21,24,27,30,33,36,39-41,43,45-59H2,1-2H3,(H,73,77)/b7-5-,13-11-,19-17-,23-22-,26-25-,29-28-,32-31-,35-34-,38-37-,44-42-. The number of allylic oxidation sites excluding steroid dienone is 20. The fourth-order valence-corrected chi connectivity index (χ4v) is 10.3. The molecule has 9 N–H and O–H groups in total. The van der Waals surface area contributed by atoms with Crippen molar-refractivity contribution < 1.29 is 64.6 Å². The highest BCUT2D eigenvalue weighted by Gasteiger charge is 2.51. The predicted octanol–water partition coefficient (Wildman–Crippen LogP) is 13.3.